The molecule has 1 aliphatic rings. The quantitative estimate of drug-likeness (QED) is 0.831. The molecule has 4 heteroatoms. The van der Waals surface area contributed by atoms with Crippen LogP contribution in [0.4, 0.5) is 0 Å². The molecule has 0 atom stereocenters. The molecule has 0 spiro atoms. The Balaban J connectivity index is 1.68. The number of aryl methyl sites for hydroxylation is 2. The van der Waals surface area contributed by atoms with Crippen molar-refractivity contribution in [3.63, 3.8) is 0 Å². The van der Waals surface area contributed by atoms with E-state index in [4.69, 9.17) is 9.15 Å². The van der Waals surface area contributed by atoms with Gasteiger partial charge in [0, 0.05) is 31.2 Å². The second-order valence-corrected chi connectivity index (χ2v) is 5.60. The van der Waals surface area contributed by atoms with E-state index in [0.717, 1.165) is 35.8 Å². The van der Waals surface area contributed by atoms with Crippen LogP contribution in [-0.4, -0.2) is 26.2 Å². The lowest BCUT2D eigenvalue weighted by atomic mass is 10.0. The number of carbonyl (C=O) groups is 1. The standard InChI is InChI=1S/C17H21NO3/c1-20-7-3-6-18-17(19)10-14-11-21-16-9-13-5-2-4-12(13)8-15(14)16/h8-9,11H,2-7,10H2,1H3,(H,18,19). The predicted octanol–water partition coefficient (Wildman–Crippen LogP) is 2.62. The van der Waals surface area contributed by atoms with Gasteiger partial charge in [-0.3, -0.25) is 4.79 Å². The zero-order valence-electron chi connectivity index (χ0n) is 12.4. The molecule has 1 N–H and O–H groups in total. The van der Waals surface area contributed by atoms with E-state index in [9.17, 15) is 4.79 Å². The summed E-state index contributed by atoms with van der Waals surface area (Å²) in [5, 5.41) is 4.00. The Labute approximate surface area is 124 Å². The Morgan fingerprint density at radius 3 is 2.95 bits per heavy atom. The Morgan fingerprint density at radius 1 is 1.33 bits per heavy atom. The van der Waals surface area contributed by atoms with Crippen molar-refractivity contribution < 1.29 is 13.9 Å². The summed E-state index contributed by atoms with van der Waals surface area (Å²) in [7, 11) is 1.66. The Kier molecular flexibility index (Phi) is 4.25. The maximum atomic E-state index is 12.0. The van der Waals surface area contributed by atoms with E-state index < -0.39 is 0 Å². The fourth-order valence-electron chi connectivity index (χ4n) is 2.96. The van der Waals surface area contributed by atoms with Crippen LogP contribution < -0.4 is 5.32 Å². The van der Waals surface area contributed by atoms with Crippen LogP contribution in [0.5, 0.6) is 0 Å². The van der Waals surface area contributed by atoms with E-state index in [-0.39, 0.29) is 5.91 Å². The monoisotopic (exact) mass is 287 g/mol. The van der Waals surface area contributed by atoms with Crippen LogP contribution in [0.3, 0.4) is 0 Å². The van der Waals surface area contributed by atoms with Crippen LogP contribution in [0.25, 0.3) is 11.0 Å². The van der Waals surface area contributed by atoms with Crippen LogP contribution >= 0.6 is 0 Å². The normalized spacial score (nSPS) is 13.6. The molecule has 0 fully saturated rings. The summed E-state index contributed by atoms with van der Waals surface area (Å²) < 4.78 is 10.6. The molecule has 1 aromatic heterocycles. The molecule has 21 heavy (non-hydrogen) atoms. The van der Waals surface area contributed by atoms with E-state index in [0.29, 0.717) is 19.6 Å². The number of carbonyl (C=O) groups excluding carboxylic acids is 1. The lowest BCUT2D eigenvalue weighted by molar-refractivity contribution is -0.120. The molecule has 0 aliphatic heterocycles. The van der Waals surface area contributed by atoms with Crippen molar-refractivity contribution in [1.29, 1.82) is 0 Å². The predicted molar refractivity (Wildman–Crippen MR) is 81.4 cm³/mol. The third-order valence-electron chi connectivity index (χ3n) is 4.07. The maximum absolute atomic E-state index is 12.0. The van der Waals surface area contributed by atoms with Gasteiger partial charge in [-0.1, -0.05) is 0 Å². The number of amides is 1. The fraction of sp³-hybridized carbons (Fsp3) is 0.471. The van der Waals surface area contributed by atoms with Gasteiger partial charge in [0.1, 0.15) is 5.58 Å². The van der Waals surface area contributed by atoms with Gasteiger partial charge in [-0.15, -0.1) is 0 Å². The van der Waals surface area contributed by atoms with Crippen LogP contribution in [0.15, 0.2) is 22.8 Å². The highest BCUT2D eigenvalue weighted by molar-refractivity contribution is 5.88. The molecule has 3 rings (SSSR count). The zero-order valence-corrected chi connectivity index (χ0v) is 12.4. The highest BCUT2D eigenvalue weighted by atomic mass is 16.5. The van der Waals surface area contributed by atoms with Crippen LogP contribution in [0, 0.1) is 0 Å². The van der Waals surface area contributed by atoms with Gasteiger partial charge in [-0.05, 0) is 48.9 Å². The average molecular weight is 287 g/mol. The summed E-state index contributed by atoms with van der Waals surface area (Å²) in [5.74, 6) is 0.0364. The average Bonchev–Trinajstić information content (AvgIpc) is 3.08. The largest absolute Gasteiger partial charge is 0.464 e. The second kappa shape index (κ2) is 6.31. The number of rotatable bonds is 6. The molecule has 0 unspecified atom stereocenters. The van der Waals surface area contributed by atoms with Crippen molar-refractivity contribution in [2.24, 2.45) is 0 Å². The number of furan rings is 1. The van der Waals surface area contributed by atoms with Gasteiger partial charge in [0.2, 0.25) is 5.91 Å². The lowest BCUT2D eigenvalue weighted by Crippen LogP contribution is -2.26. The Bertz CT molecular complexity index is 645. The summed E-state index contributed by atoms with van der Waals surface area (Å²) in [4.78, 5) is 12.0. The minimum atomic E-state index is 0.0364. The third-order valence-corrected chi connectivity index (χ3v) is 4.07. The van der Waals surface area contributed by atoms with Gasteiger partial charge in [0.25, 0.3) is 0 Å². The van der Waals surface area contributed by atoms with Gasteiger partial charge in [-0.25, -0.2) is 0 Å². The molecule has 0 radical (unpaired) electrons. The molecule has 2 aromatic rings. The summed E-state index contributed by atoms with van der Waals surface area (Å²) in [6.45, 7) is 1.32. The fourth-order valence-corrected chi connectivity index (χ4v) is 2.96. The SMILES string of the molecule is COCCCNC(=O)Cc1coc2cc3c(cc12)CCC3. The van der Waals surface area contributed by atoms with Crippen molar-refractivity contribution in [2.45, 2.75) is 32.1 Å². The van der Waals surface area contributed by atoms with E-state index in [1.54, 1.807) is 13.4 Å². The molecule has 0 saturated carbocycles. The molecule has 4 nitrogen and oxygen atoms in total. The van der Waals surface area contributed by atoms with E-state index in [1.807, 2.05) is 0 Å². The first-order chi connectivity index (χ1) is 10.3. The molecule has 112 valence electrons. The summed E-state index contributed by atoms with van der Waals surface area (Å²) in [6, 6.07) is 4.34. The van der Waals surface area contributed by atoms with Crippen LogP contribution in [0.2, 0.25) is 0 Å². The molecule has 1 aromatic carbocycles. The molecule has 1 amide bonds. The Morgan fingerprint density at radius 2 is 2.14 bits per heavy atom. The zero-order chi connectivity index (χ0) is 14.7. The van der Waals surface area contributed by atoms with Crippen molar-refractivity contribution in [2.75, 3.05) is 20.3 Å². The number of hydrogen-bond acceptors (Lipinski definition) is 3. The number of nitrogens with one attached hydrogen (secondary N) is 1. The summed E-state index contributed by atoms with van der Waals surface area (Å²) in [6.07, 6.45) is 6.42. The van der Waals surface area contributed by atoms with Crippen molar-refractivity contribution >= 4 is 16.9 Å². The highest BCUT2D eigenvalue weighted by Gasteiger charge is 2.16. The maximum Gasteiger partial charge on any atom is 0.224 e. The van der Waals surface area contributed by atoms with Gasteiger partial charge in [-0.2, -0.15) is 0 Å². The van der Waals surface area contributed by atoms with Gasteiger partial charge in [0.05, 0.1) is 12.7 Å². The Hall–Kier alpha value is -1.81. The highest BCUT2D eigenvalue weighted by Crippen LogP contribution is 2.30. The summed E-state index contributed by atoms with van der Waals surface area (Å²) in [5.41, 5.74) is 4.68. The second-order valence-electron chi connectivity index (χ2n) is 5.60. The van der Waals surface area contributed by atoms with Crippen LogP contribution in [-0.2, 0) is 28.8 Å². The minimum Gasteiger partial charge on any atom is -0.464 e. The van der Waals surface area contributed by atoms with Crippen molar-refractivity contribution in [3.8, 4) is 0 Å². The molecule has 0 saturated heterocycles. The first-order valence-electron chi connectivity index (χ1n) is 7.55. The van der Waals surface area contributed by atoms with Gasteiger partial charge < -0.3 is 14.5 Å². The third kappa shape index (κ3) is 3.10. The molecule has 0 bridgehead atoms. The number of fused-ring (bicyclic) bond motifs is 2. The minimum absolute atomic E-state index is 0.0364. The molecular formula is C17H21NO3. The number of methoxy groups -OCH3 is 1. The number of ether oxygens (including phenoxy) is 1. The molecule has 1 aliphatic carbocycles. The van der Waals surface area contributed by atoms with Gasteiger partial charge >= 0.3 is 0 Å². The van der Waals surface area contributed by atoms with Crippen molar-refractivity contribution in [1.82, 2.24) is 5.32 Å². The van der Waals surface area contributed by atoms with Crippen LogP contribution in [0.1, 0.15) is 29.5 Å². The molecule has 1 heterocycles. The van der Waals surface area contributed by atoms with Gasteiger partial charge in [0.15, 0.2) is 0 Å². The topological polar surface area (TPSA) is 51.5 Å². The lowest BCUT2D eigenvalue weighted by Gasteiger charge is -2.04. The van der Waals surface area contributed by atoms with E-state index in [2.05, 4.69) is 17.4 Å². The number of benzene rings is 1. The van der Waals surface area contributed by atoms with E-state index in [1.165, 1.54) is 17.5 Å². The van der Waals surface area contributed by atoms with Crippen molar-refractivity contribution in [3.05, 3.63) is 35.1 Å². The van der Waals surface area contributed by atoms with E-state index >= 15 is 0 Å². The molecular weight excluding hydrogens is 266 g/mol. The first-order valence-corrected chi connectivity index (χ1v) is 7.55. The smallest absolute Gasteiger partial charge is 0.224 e. The number of hydrogen-bond donors (Lipinski definition) is 1. The first kappa shape index (κ1) is 14.1. The summed E-state index contributed by atoms with van der Waals surface area (Å²) >= 11 is 0.